The van der Waals surface area contributed by atoms with E-state index in [1.54, 1.807) is 17.5 Å². The predicted octanol–water partition coefficient (Wildman–Crippen LogP) is 2.50. The second-order valence-corrected chi connectivity index (χ2v) is 8.80. The van der Waals surface area contributed by atoms with E-state index >= 15 is 0 Å². The summed E-state index contributed by atoms with van der Waals surface area (Å²) in [6.07, 6.45) is 5.48. The Kier molecular flexibility index (Phi) is 5.43. The summed E-state index contributed by atoms with van der Waals surface area (Å²) in [5.74, 6) is 0. The van der Waals surface area contributed by atoms with E-state index in [1.165, 1.54) is 5.56 Å². The second kappa shape index (κ2) is 7.98. The van der Waals surface area contributed by atoms with Crippen LogP contribution in [0.4, 0.5) is 5.13 Å². The number of benzene rings is 1. The van der Waals surface area contributed by atoms with Crippen molar-refractivity contribution in [2.75, 3.05) is 31.6 Å². The third-order valence-electron chi connectivity index (χ3n) is 5.06. The Morgan fingerprint density at radius 1 is 1.25 bits per heavy atom. The third-order valence-corrected chi connectivity index (χ3v) is 5.96. The van der Waals surface area contributed by atoms with Crippen LogP contribution in [0.5, 0.6) is 0 Å². The Morgan fingerprint density at radius 2 is 2.07 bits per heavy atom. The second-order valence-electron chi connectivity index (χ2n) is 7.64. The Bertz CT molecular complexity index is 894. The fourth-order valence-electron chi connectivity index (χ4n) is 3.86. The molecule has 8 heteroatoms. The van der Waals surface area contributed by atoms with Gasteiger partial charge in [0, 0.05) is 32.0 Å². The van der Waals surface area contributed by atoms with Gasteiger partial charge in [-0.2, -0.15) is 5.10 Å². The van der Waals surface area contributed by atoms with Crippen LogP contribution in [0.2, 0.25) is 0 Å². The Balaban J connectivity index is 1.36. The predicted molar refractivity (Wildman–Crippen MR) is 111 cm³/mol. The molecule has 2 aromatic heterocycles. The summed E-state index contributed by atoms with van der Waals surface area (Å²) >= 11 is 1.59. The molecule has 7 nitrogen and oxygen atoms in total. The van der Waals surface area contributed by atoms with Crippen molar-refractivity contribution in [1.82, 2.24) is 24.9 Å². The fourth-order valence-corrected chi connectivity index (χ4v) is 4.58. The molecular formula is C20H26N6OS. The van der Waals surface area contributed by atoms with Crippen LogP contribution in [0.3, 0.4) is 0 Å². The summed E-state index contributed by atoms with van der Waals surface area (Å²) < 4.78 is 1.85. The molecule has 3 heterocycles. The zero-order valence-electron chi connectivity index (χ0n) is 16.3. The summed E-state index contributed by atoms with van der Waals surface area (Å²) in [4.78, 5) is 4.36. The SMILES string of the molecule is Cc1nnc(N2CCCC(O)(CN(C)Cc3ccc(-n4cccn4)cc3)C2)s1. The average Bonchev–Trinajstić information content (AvgIpc) is 3.34. The molecule has 0 spiro atoms. The molecular weight excluding hydrogens is 372 g/mol. The molecule has 1 saturated heterocycles. The van der Waals surface area contributed by atoms with Gasteiger partial charge >= 0.3 is 0 Å². The van der Waals surface area contributed by atoms with E-state index in [9.17, 15) is 5.11 Å². The molecule has 4 rings (SSSR count). The minimum Gasteiger partial charge on any atom is -0.387 e. The first-order chi connectivity index (χ1) is 13.5. The largest absolute Gasteiger partial charge is 0.387 e. The molecule has 1 unspecified atom stereocenters. The van der Waals surface area contributed by atoms with Gasteiger partial charge in [0.2, 0.25) is 5.13 Å². The van der Waals surface area contributed by atoms with Crippen molar-refractivity contribution in [3.05, 3.63) is 53.3 Å². The number of aryl methyl sites for hydroxylation is 1. The zero-order chi connectivity index (χ0) is 19.6. The highest BCUT2D eigenvalue weighted by atomic mass is 32.1. The minimum atomic E-state index is -0.735. The van der Waals surface area contributed by atoms with E-state index in [0.29, 0.717) is 13.1 Å². The van der Waals surface area contributed by atoms with Crippen LogP contribution in [0.1, 0.15) is 23.4 Å². The van der Waals surface area contributed by atoms with Crippen molar-refractivity contribution in [3.8, 4) is 5.69 Å². The molecule has 1 aliphatic heterocycles. The van der Waals surface area contributed by atoms with Gasteiger partial charge in [0.25, 0.3) is 0 Å². The van der Waals surface area contributed by atoms with E-state index in [0.717, 1.165) is 41.8 Å². The van der Waals surface area contributed by atoms with E-state index < -0.39 is 5.60 Å². The van der Waals surface area contributed by atoms with E-state index in [-0.39, 0.29) is 0 Å². The third kappa shape index (κ3) is 4.40. The number of likely N-dealkylation sites (N-methyl/N-ethyl adjacent to an activating group) is 1. The van der Waals surface area contributed by atoms with E-state index in [4.69, 9.17) is 0 Å². The smallest absolute Gasteiger partial charge is 0.208 e. The number of anilines is 1. The Morgan fingerprint density at radius 3 is 2.75 bits per heavy atom. The van der Waals surface area contributed by atoms with Crippen LogP contribution in [0, 0.1) is 6.92 Å². The van der Waals surface area contributed by atoms with Crippen molar-refractivity contribution < 1.29 is 5.11 Å². The van der Waals surface area contributed by atoms with Gasteiger partial charge in [-0.3, -0.25) is 4.90 Å². The number of aliphatic hydroxyl groups is 1. The van der Waals surface area contributed by atoms with Crippen LogP contribution in [-0.2, 0) is 6.54 Å². The highest BCUT2D eigenvalue weighted by Crippen LogP contribution is 2.28. The van der Waals surface area contributed by atoms with Gasteiger partial charge in [-0.05, 0) is 50.6 Å². The Hall–Kier alpha value is -2.29. The van der Waals surface area contributed by atoms with Gasteiger partial charge in [0.15, 0.2) is 0 Å². The first kappa shape index (κ1) is 19.0. The summed E-state index contributed by atoms with van der Waals surface area (Å²) in [6, 6.07) is 10.3. The van der Waals surface area contributed by atoms with Crippen LogP contribution in [0.25, 0.3) is 5.69 Å². The lowest BCUT2D eigenvalue weighted by Crippen LogP contribution is -2.53. The van der Waals surface area contributed by atoms with Crippen molar-refractivity contribution in [2.45, 2.75) is 31.9 Å². The fraction of sp³-hybridized carbons (Fsp3) is 0.450. The highest BCUT2D eigenvalue weighted by molar-refractivity contribution is 7.15. The number of β-amino-alcohol motifs (C(OH)–C–C–N with tert-alkyl or cyclic N) is 1. The maximum Gasteiger partial charge on any atom is 0.208 e. The van der Waals surface area contributed by atoms with Crippen LogP contribution < -0.4 is 4.90 Å². The molecule has 1 aromatic carbocycles. The van der Waals surface area contributed by atoms with Crippen molar-refractivity contribution in [2.24, 2.45) is 0 Å². The first-order valence-electron chi connectivity index (χ1n) is 9.56. The molecule has 0 bridgehead atoms. The molecule has 0 radical (unpaired) electrons. The van der Waals surface area contributed by atoms with Gasteiger partial charge in [-0.25, -0.2) is 4.68 Å². The number of piperidine rings is 1. The van der Waals surface area contributed by atoms with Gasteiger partial charge in [-0.1, -0.05) is 23.5 Å². The van der Waals surface area contributed by atoms with Gasteiger partial charge in [0.05, 0.1) is 17.8 Å². The molecule has 0 saturated carbocycles. The summed E-state index contributed by atoms with van der Waals surface area (Å²) in [5.41, 5.74) is 1.53. The molecule has 3 aromatic rings. The lowest BCUT2D eigenvalue weighted by atomic mass is 9.92. The van der Waals surface area contributed by atoms with Gasteiger partial charge < -0.3 is 10.0 Å². The normalized spacial score (nSPS) is 20.1. The molecule has 1 atom stereocenters. The lowest BCUT2D eigenvalue weighted by Gasteiger charge is -2.41. The van der Waals surface area contributed by atoms with Crippen LogP contribution in [0.15, 0.2) is 42.7 Å². The van der Waals surface area contributed by atoms with Crippen molar-refractivity contribution >= 4 is 16.5 Å². The van der Waals surface area contributed by atoms with E-state index in [1.807, 2.05) is 23.9 Å². The topological polar surface area (TPSA) is 70.3 Å². The Labute approximate surface area is 169 Å². The molecule has 148 valence electrons. The maximum absolute atomic E-state index is 11.2. The average molecular weight is 399 g/mol. The van der Waals surface area contributed by atoms with Crippen LogP contribution in [-0.4, -0.2) is 62.3 Å². The zero-order valence-corrected chi connectivity index (χ0v) is 17.1. The summed E-state index contributed by atoms with van der Waals surface area (Å²) in [6.45, 7) is 4.91. The lowest BCUT2D eigenvalue weighted by molar-refractivity contribution is -0.00333. The van der Waals surface area contributed by atoms with Crippen molar-refractivity contribution in [1.29, 1.82) is 0 Å². The highest BCUT2D eigenvalue weighted by Gasteiger charge is 2.35. The van der Waals surface area contributed by atoms with Crippen LogP contribution >= 0.6 is 11.3 Å². The van der Waals surface area contributed by atoms with Gasteiger partial charge in [-0.15, -0.1) is 10.2 Å². The maximum atomic E-state index is 11.2. The molecule has 1 aliphatic rings. The molecule has 1 N–H and O–H groups in total. The van der Waals surface area contributed by atoms with Gasteiger partial charge in [0.1, 0.15) is 5.01 Å². The number of aromatic nitrogens is 4. The molecule has 1 fully saturated rings. The standard InChI is InChI=1S/C20H26N6OS/c1-16-22-23-19(28-16)25-11-3-9-20(27,15-25)14-24(2)13-17-5-7-18(8-6-17)26-12-4-10-21-26/h4-8,10,12,27H,3,9,11,13-15H2,1-2H3. The first-order valence-corrected chi connectivity index (χ1v) is 10.4. The monoisotopic (exact) mass is 398 g/mol. The molecule has 0 aliphatic carbocycles. The van der Waals surface area contributed by atoms with Crippen molar-refractivity contribution in [3.63, 3.8) is 0 Å². The minimum absolute atomic E-state index is 0.601. The quantitative estimate of drug-likeness (QED) is 0.688. The van der Waals surface area contributed by atoms with E-state index in [2.05, 4.69) is 56.4 Å². The molecule has 0 amide bonds. The summed E-state index contributed by atoms with van der Waals surface area (Å²) in [5, 5.41) is 25.7. The number of nitrogens with zero attached hydrogens (tertiary/aromatic N) is 6. The number of rotatable bonds is 6. The number of hydrogen-bond acceptors (Lipinski definition) is 7. The summed E-state index contributed by atoms with van der Waals surface area (Å²) in [7, 11) is 2.06. The number of hydrogen-bond donors (Lipinski definition) is 1. The molecule has 28 heavy (non-hydrogen) atoms.